The summed E-state index contributed by atoms with van der Waals surface area (Å²) in [5.41, 5.74) is 10.2. The van der Waals surface area contributed by atoms with Gasteiger partial charge in [0.05, 0.1) is 5.56 Å². The van der Waals surface area contributed by atoms with Crippen LogP contribution in [0.15, 0.2) is 22.7 Å². The fraction of sp³-hybridized carbons (Fsp3) is 0.250. The van der Waals surface area contributed by atoms with Crippen molar-refractivity contribution in [3.05, 3.63) is 35.1 Å². The quantitative estimate of drug-likeness (QED) is 0.773. The molecule has 15 heavy (non-hydrogen) atoms. The minimum absolute atomic E-state index is 0.454. The van der Waals surface area contributed by atoms with Crippen LogP contribution in [0.3, 0.4) is 0 Å². The summed E-state index contributed by atoms with van der Waals surface area (Å²) < 4.78 is 5.04. The molecular formula is C12H14N2O. The average Bonchev–Trinajstić information content (AvgIpc) is 2.52. The van der Waals surface area contributed by atoms with Crippen LogP contribution in [0, 0.1) is 20.8 Å². The fourth-order valence-corrected chi connectivity index (χ4v) is 1.64. The molecular weight excluding hydrogens is 188 g/mol. The molecule has 78 valence electrons. The van der Waals surface area contributed by atoms with Crippen LogP contribution in [-0.4, -0.2) is 5.16 Å². The summed E-state index contributed by atoms with van der Waals surface area (Å²) in [6.45, 7) is 6.04. The van der Waals surface area contributed by atoms with E-state index >= 15 is 0 Å². The van der Waals surface area contributed by atoms with Crippen molar-refractivity contribution in [2.45, 2.75) is 20.8 Å². The summed E-state index contributed by atoms with van der Waals surface area (Å²) in [6.07, 6.45) is 0. The predicted molar refractivity (Wildman–Crippen MR) is 60.6 cm³/mol. The van der Waals surface area contributed by atoms with Crippen LogP contribution in [0.4, 0.5) is 5.82 Å². The Morgan fingerprint density at radius 1 is 1.13 bits per heavy atom. The maximum Gasteiger partial charge on any atom is 0.175 e. The predicted octanol–water partition coefficient (Wildman–Crippen LogP) is 2.85. The number of hydrogen-bond acceptors (Lipinski definition) is 3. The topological polar surface area (TPSA) is 52.0 Å². The van der Waals surface area contributed by atoms with Gasteiger partial charge in [0.2, 0.25) is 0 Å². The molecule has 0 atom stereocenters. The highest BCUT2D eigenvalue weighted by molar-refractivity contribution is 5.75. The minimum Gasteiger partial charge on any atom is -0.380 e. The third-order valence-electron chi connectivity index (χ3n) is 2.68. The second kappa shape index (κ2) is 3.42. The van der Waals surface area contributed by atoms with Gasteiger partial charge in [-0.25, -0.2) is 0 Å². The third kappa shape index (κ3) is 1.61. The number of benzene rings is 1. The first-order chi connectivity index (χ1) is 7.09. The molecule has 2 aromatic rings. The SMILES string of the molecule is Cc1ccc(-c2c(N)noc2C)cc1C. The second-order valence-electron chi connectivity index (χ2n) is 3.80. The van der Waals surface area contributed by atoms with E-state index in [1.54, 1.807) is 0 Å². The molecule has 2 N–H and O–H groups in total. The van der Waals surface area contributed by atoms with Crippen molar-refractivity contribution in [2.24, 2.45) is 0 Å². The van der Waals surface area contributed by atoms with Gasteiger partial charge in [-0.1, -0.05) is 23.4 Å². The van der Waals surface area contributed by atoms with Crippen molar-refractivity contribution in [1.29, 1.82) is 0 Å². The molecule has 0 bridgehead atoms. The Hall–Kier alpha value is -1.77. The molecule has 1 heterocycles. The van der Waals surface area contributed by atoms with Crippen LogP contribution in [0.25, 0.3) is 11.1 Å². The lowest BCUT2D eigenvalue weighted by Gasteiger charge is -2.04. The molecule has 0 aliphatic heterocycles. The zero-order chi connectivity index (χ0) is 11.0. The van der Waals surface area contributed by atoms with Crippen molar-refractivity contribution in [1.82, 2.24) is 5.16 Å². The molecule has 0 aliphatic carbocycles. The van der Waals surface area contributed by atoms with Gasteiger partial charge in [0.25, 0.3) is 0 Å². The third-order valence-corrected chi connectivity index (χ3v) is 2.68. The lowest BCUT2D eigenvalue weighted by atomic mass is 10.0. The smallest absolute Gasteiger partial charge is 0.175 e. The number of aryl methyl sites for hydroxylation is 3. The molecule has 3 heteroatoms. The number of nitrogens with two attached hydrogens (primary N) is 1. The number of anilines is 1. The van der Waals surface area contributed by atoms with Crippen LogP contribution >= 0.6 is 0 Å². The van der Waals surface area contributed by atoms with E-state index in [0.29, 0.717) is 5.82 Å². The average molecular weight is 202 g/mol. The zero-order valence-electron chi connectivity index (χ0n) is 9.16. The summed E-state index contributed by atoms with van der Waals surface area (Å²) >= 11 is 0. The summed E-state index contributed by atoms with van der Waals surface area (Å²) in [6, 6.07) is 6.22. The van der Waals surface area contributed by atoms with Gasteiger partial charge >= 0.3 is 0 Å². The van der Waals surface area contributed by atoms with Gasteiger partial charge in [-0.15, -0.1) is 0 Å². The van der Waals surface area contributed by atoms with E-state index in [1.165, 1.54) is 11.1 Å². The molecule has 0 unspecified atom stereocenters. The lowest BCUT2D eigenvalue weighted by molar-refractivity contribution is 0.401. The van der Waals surface area contributed by atoms with Crippen molar-refractivity contribution in [2.75, 3.05) is 5.73 Å². The monoisotopic (exact) mass is 202 g/mol. The Kier molecular flexibility index (Phi) is 2.23. The van der Waals surface area contributed by atoms with Crippen molar-refractivity contribution in [3.8, 4) is 11.1 Å². The summed E-state index contributed by atoms with van der Waals surface area (Å²) in [5, 5.41) is 3.75. The van der Waals surface area contributed by atoms with Gasteiger partial charge in [-0.2, -0.15) is 0 Å². The van der Waals surface area contributed by atoms with E-state index in [1.807, 2.05) is 13.0 Å². The van der Waals surface area contributed by atoms with E-state index in [4.69, 9.17) is 10.3 Å². The Labute approximate surface area is 88.9 Å². The Morgan fingerprint density at radius 3 is 2.40 bits per heavy atom. The highest BCUT2D eigenvalue weighted by Gasteiger charge is 2.12. The number of nitrogens with zero attached hydrogens (tertiary/aromatic N) is 1. The molecule has 1 aromatic heterocycles. The van der Waals surface area contributed by atoms with E-state index in [9.17, 15) is 0 Å². The minimum atomic E-state index is 0.454. The summed E-state index contributed by atoms with van der Waals surface area (Å²) in [4.78, 5) is 0. The van der Waals surface area contributed by atoms with Crippen molar-refractivity contribution in [3.63, 3.8) is 0 Å². The summed E-state index contributed by atoms with van der Waals surface area (Å²) in [7, 11) is 0. The molecule has 0 spiro atoms. The standard InChI is InChI=1S/C12H14N2O/c1-7-4-5-10(6-8(7)2)11-9(3)15-14-12(11)13/h4-6H,1-3H3,(H2,13,14). The number of rotatable bonds is 1. The van der Waals surface area contributed by atoms with E-state index in [0.717, 1.165) is 16.9 Å². The maximum absolute atomic E-state index is 5.76. The second-order valence-corrected chi connectivity index (χ2v) is 3.80. The largest absolute Gasteiger partial charge is 0.380 e. The highest BCUT2D eigenvalue weighted by atomic mass is 16.5. The van der Waals surface area contributed by atoms with Gasteiger partial charge in [-0.3, -0.25) is 0 Å². The Morgan fingerprint density at radius 2 is 1.87 bits per heavy atom. The molecule has 1 aromatic carbocycles. The Bertz CT molecular complexity index is 481. The van der Waals surface area contributed by atoms with Gasteiger partial charge in [0.1, 0.15) is 5.76 Å². The van der Waals surface area contributed by atoms with Crippen LogP contribution in [-0.2, 0) is 0 Å². The van der Waals surface area contributed by atoms with Crippen LogP contribution in [0.5, 0.6) is 0 Å². The molecule has 0 radical (unpaired) electrons. The normalized spacial score (nSPS) is 10.6. The number of hydrogen-bond donors (Lipinski definition) is 1. The lowest BCUT2D eigenvalue weighted by Crippen LogP contribution is -1.90. The molecule has 0 fully saturated rings. The molecule has 0 saturated heterocycles. The van der Waals surface area contributed by atoms with Gasteiger partial charge < -0.3 is 10.3 Å². The fourth-order valence-electron chi connectivity index (χ4n) is 1.64. The molecule has 0 amide bonds. The zero-order valence-corrected chi connectivity index (χ0v) is 9.16. The molecule has 0 saturated carbocycles. The van der Waals surface area contributed by atoms with Crippen LogP contribution in [0.2, 0.25) is 0 Å². The van der Waals surface area contributed by atoms with E-state index < -0.39 is 0 Å². The Balaban J connectivity index is 2.59. The first-order valence-electron chi connectivity index (χ1n) is 4.89. The number of nitrogen functional groups attached to an aromatic ring is 1. The first kappa shape index (κ1) is 9.77. The van der Waals surface area contributed by atoms with E-state index in [-0.39, 0.29) is 0 Å². The maximum atomic E-state index is 5.76. The van der Waals surface area contributed by atoms with Crippen LogP contribution in [0.1, 0.15) is 16.9 Å². The molecule has 0 aliphatic rings. The highest BCUT2D eigenvalue weighted by Crippen LogP contribution is 2.29. The van der Waals surface area contributed by atoms with Gasteiger partial charge in [-0.05, 0) is 37.5 Å². The molecule has 3 nitrogen and oxygen atoms in total. The van der Waals surface area contributed by atoms with Gasteiger partial charge in [0.15, 0.2) is 5.82 Å². The van der Waals surface area contributed by atoms with Crippen molar-refractivity contribution >= 4 is 5.82 Å². The molecule has 2 rings (SSSR count). The van der Waals surface area contributed by atoms with Gasteiger partial charge in [0, 0.05) is 0 Å². The number of aromatic nitrogens is 1. The van der Waals surface area contributed by atoms with Crippen LogP contribution < -0.4 is 5.73 Å². The van der Waals surface area contributed by atoms with Crippen molar-refractivity contribution < 1.29 is 4.52 Å². The summed E-state index contributed by atoms with van der Waals surface area (Å²) in [5.74, 6) is 1.21. The van der Waals surface area contributed by atoms with E-state index in [2.05, 4.69) is 31.1 Å². The first-order valence-corrected chi connectivity index (χ1v) is 4.89.